The molecule has 0 saturated carbocycles. The molecule has 0 aromatic heterocycles. The minimum Gasteiger partial charge on any atom is -0.481 e. The number of hydrogen-bond acceptors (Lipinski definition) is 4. The van der Waals surface area contributed by atoms with E-state index in [1.165, 1.54) is 6.08 Å². The fourth-order valence-electron chi connectivity index (χ4n) is 1.51. The maximum atomic E-state index is 11.4. The van der Waals surface area contributed by atoms with E-state index >= 15 is 0 Å². The van der Waals surface area contributed by atoms with Crippen molar-refractivity contribution in [3.8, 4) is 5.75 Å². The molecule has 2 rings (SSSR count). The number of carbonyl (C=O) groups is 3. The Bertz CT molecular complexity index is 579. The van der Waals surface area contributed by atoms with Crippen LogP contribution in [-0.4, -0.2) is 29.6 Å². The minimum absolute atomic E-state index is 0.0800. The van der Waals surface area contributed by atoms with E-state index in [4.69, 9.17) is 9.84 Å². The van der Waals surface area contributed by atoms with Gasteiger partial charge in [-0.3, -0.25) is 10.1 Å². The number of para-hydroxylation sites is 1. The summed E-state index contributed by atoms with van der Waals surface area (Å²) >= 11 is 0. The topological polar surface area (TPSA) is 105 Å². The number of urea groups is 1. The van der Waals surface area contributed by atoms with Crippen molar-refractivity contribution in [2.75, 3.05) is 6.61 Å². The van der Waals surface area contributed by atoms with Gasteiger partial charge in [0.25, 0.3) is 5.91 Å². The van der Waals surface area contributed by atoms with Gasteiger partial charge in [-0.2, -0.15) is 0 Å². The Labute approximate surface area is 107 Å². The van der Waals surface area contributed by atoms with Crippen LogP contribution in [0.25, 0.3) is 6.08 Å². The van der Waals surface area contributed by atoms with Crippen LogP contribution >= 0.6 is 0 Å². The van der Waals surface area contributed by atoms with Gasteiger partial charge in [0.1, 0.15) is 11.4 Å². The lowest BCUT2D eigenvalue weighted by atomic mass is 10.1. The first-order valence-electron chi connectivity index (χ1n) is 5.34. The van der Waals surface area contributed by atoms with Gasteiger partial charge >= 0.3 is 12.0 Å². The van der Waals surface area contributed by atoms with Crippen LogP contribution in [0.3, 0.4) is 0 Å². The molecule has 1 heterocycles. The monoisotopic (exact) mass is 262 g/mol. The van der Waals surface area contributed by atoms with Gasteiger partial charge in [-0.25, -0.2) is 9.59 Å². The Kier molecular flexibility index (Phi) is 3.46. The van der Waals surface area contributed by atoms with Gasteiger partial charge in [0.05, 0.1) is 0 Å². The van der Waals surface area contributed by atoms with E-state index in [1.54, 1.807) is 24.3 Å². The molecular weight excluding hydrogens is 252 g/mol. The van der Waals surface area contributed by atoms with E-state index in [9.17, 15) is 14.4 Å². The number of nitrogens with one attached hydrogen (secondary N) is 2. The molecule has 1 aromatic rings. The molecule has 0 spiro atoms. The highest BCUT2D eigenvalue weighted by molar-refractivity contribution is 6.14. The first-order valence-corrected chi connectivity index (χ1v) is 5.34. The number of aliphatic carboxylic acids is 1. The van der Waals surface area contributed by atoms with Gasteiger partial charge in [-0.15, -0.1) is 0 Å². The lowest BCUT2D eigenvalue weighted by molar-refractivity contribution is -0.139. The van der Waals surface area contributed by atoms with Crippen molar-refractivity contribution in [3.05, 3.63) is 35.5 Å². The normalized spacial score (nSPS) is 16.1. The second-order valence-electron chi connectivity index (χ2n) is 3.69. The molecule has 0 aliphatic carbocycles. The highest BCUT2D eigenvalue weighted by atomic mass is 16.5. The van der Waals surface area contributed by atoms with E-state index in [1.807, 2.05) is 0 Å². The van der Waals surface area contributed by atoms with Crippen molar-refractivity contribution in [3.63, 3.8) is 0 Å². The van der Waals surface area contributed by atoms with E-state index in [2.05, 4.69) is 10.6 Å². The largest absolute Gasteiger partial charge is 0.481 e. The number of imide groups is 1. The molecule has 1 aromatic carbocycles. The van der Waals surface area contributed by atoms with Crippen molar-refractivity contribution in [1.82, 2.24) is 10.6 Å². The maximum Gasteiger partial charge on any atom is 0.341 e. The molecule has 1 saturated heterocycles. The predicted molar refractivity (Wildman–Crippen MR) is 64.2 cm³/mol. The van der Waals surface area contributed by atoms with Crippen LogP contribution < -0.4 is 15.4 Å². The lowest BCUT2D eigenvalue weighted by Crippen LogP contribution is -2.22. The summed E-state index contributed by atoms with van der Waals surface area (Å²) in [6.07, 6.45) is 1.41. The van der Waals surface area contributed by atoms with E-state index < -0.39 is 24.5 Å². The third kappa shape index (κ3) is 3.09. The molecule has 7 heteroatoms. The average molecular weight is 262 g/mol. The summed E-state index contributed by atoms with van der Waals surface area (Å²) in [4.78, 5) is 32.8. The molecule has 1 aliphatic rings. The van der Waals surface area contributed by atoms with Crippen molar-refractivity contribution in [2.24, 2.45) is 0 Å². The zero-order valence-corrected chi connectivity index (χ0v) is 9.67. The summed E-state index contributed by atoms with van der Waals surface area (Å²) in [5, 5.41) is 13.0. The Balaban J connectivity index is 2.25. The Morgan fingerprint density at radius 3 is 2.63 bits per heavy atom. The molecule has 0 radical (unpaired) electrons. The van der Waals surface area contributed by atoms with Crippen LogP contribution in [0.4, 0.5) is 4.79 Å². The van der Waals surface area contributed by atoms with E-state index in [0.717, 1.165) is 0 Å². The maximum absolute atomic E-state index is 11.4. The molecule has 3 N–H and O–H groups in total. The summed E-state index contributed by atoms with van der Waals surface area (Å²) in [6, 6.07) is 5.99. The second-order valence-corrected chi connectivity index (χ2v) is 3.69. The molecule has 0 atom stereocenters. The van der Waals surface area contributed by atoms with Gasteiger partial charge in [0.15, 0.2) is 6.61 Å². The number of carbonyl (C=O) groups excluding carboxylic acids is 2. The molecule has 7 nitrogen and oxygen atoms in total. The zero-order valence-electron chi connectivity index (χ0n) is 9.67. The number of benzene rings is 1. The first-order chi connectivity index (χ1) is 9.06. The van der Waals surface area contributed by atoms with Crippen molar-refractivity contribution < 1.29 is 24.2 Å². The van der Waals surface area contributed by atoms with Crippen LogP contribution in [0.15, 0.2) is 30.0 Å². The van der Waals surface area contributed by atoms with Crippen molar-refractivity contribution >= 4 is 24.0 Å². The summed E-state index contributed by atoms with van der Waals surface area (Å²) in [5.41, 5.74) is 0.576. The average Bonchev–Trinajstić information content (AvgIpc) is 2.67. The molecule has 19 heavy (non-hydrogen) atoms. The second kappa shape index (κ2) is 5.21. The van der Waals surface area contributed by atoms with Crippen LogP contribution in [-0.2, 0) is 9.59 Å². The smallest absolute Gasteiger partial charge is 0.341 e. The number of carboxylic acid groups (broad SMARTS) is 1. The Hall–Kier alpha value is -2.83. The highest BCUT2D eigenvalue weighted by Crippen LogP contribution is 2.21. The third-order valence-corrected chi connectivity index (χ3v) is 2.29. The van der Waals surface area contributed by atoms with Crippen LogP contribution in [0.2, 0.25) is 0 Å². The third-order valence-electron chi connectivity index (χ3n) is 2.29. The van der Waals surface area contributed by atoms with Gasteiger partial charge in [0.2, 0.25) is 0 Å². The number of rotatable bonds is 4. The fraction of sp³-hybridized carbons (Fsp3) is 0.0833. The molecule has 98 valence electrons. The van der Waals surface area contributed by atoms with Gasteiger partial charge in [0, 0.05) is 5.56 Å². The summed E-state index contributed by atoms with van der Waals surface area (Å²) in [5.74, 6) is -1.33. The van der Waals surface area contributed by atoms with Crippen molar-refractivity contribution in [1.29, 1.82) is 0 Å². The van der Waals surface area contributed by atoms with Gasteiger partial charge < -0.3 is 15.2 Å². The summed E-state index contributed by atoms with van der Waals surface area (Å²) in [6.45, 7) is -0.487. The van der Waals surface area contributed by atoms with E-state index in [0.29, 0.717) is 11.3 Å². The number of amides is 3. The minimum atomic E-state index is -1.10. The van der Waals surface area contributed by atoms with Crippen molar-refractivity contribution in [2.45, 2.75) is 0 Å². The Morgan fingerprint density at radius 1 is 1.26 bits per heavy atom. The van der Waals surface area contributed by atoms with Crippen LogP contribution in [0, 0.1) is 0 Å². The predicted octanol–water partition coefficient (Wildman–Crippen LogP) is 0.330. The quantitative estimate of drug-likeness (QED) is 0.535. The zero-order chi connectivity index (χ0) is 13.8. The Morgan fingerprint density at radius 2 is 2.00 bits per heavy atom. The molecule has 1 aliphatic heterocycles. The number of carboxylic acids is 1. The molecular formula is C12H10N2O5. The molecule has 1 fully saturated rings. The van der Waals surface area contributed by atoms with E-state index in [-0.39, 0.29) is 5.70 Å². The van der Waals surface area contributed by atoms with Crippen LogP contribution in [0.5, 0.6) is 5.75 Å². The molecule has 0 bridgehead atoms. The number of ether oxygens (including phenoxy) is 1. The highest BCUT2D eigenvalue weighted by Gasteiger charge is 2.23. The molecule has 0 unspecified atom stereocenters. The molecule has 3 amide bonds. The van der Waals surface area contributed by atoms with Crippen LogP contribution in [0.1, 0.15) is 5.56 Å². The lowest BCUT2D eigenvalue weighted by Gasteiger charge is -2.07. The fourth-order valence-corrected chi connectivity index (χ4v) is 1.51. The SMILES string of the molecule is O=C(O)COc1ccccc1/C=C1\NC(=O)NC1=O. The summed E-state index contributed by atoms with van der Waals surface area (Å²) in [7, 11) is 0. The van der Waals surface area contributed by atoms with Gasteiger partial charge in [-0.05, 0) is 12.1 Å². The standard InChI is InChI=1S/C12H10N2O5/c15-10(16)6-19-9-4-2-1-3-7(9)5-8-11(17)14-12(18)13-8/h1-5H,6H2,(H,15,16)(H2,13,14,17,18)/b8-5-. The number of hydrogen-bond donors (Lipinski definition) is 3. The van der Waals surface area contributed by atoms with Gasteiger partial charge in [-0.1, -0.05) is 18.2 Å². The first kappa shape index (κ1) is 12.6. The summed E-state index contributed by atoms with van der Waals surface area (Å²) < 4.78 is 5.08.